The molecule has 0 atom stereocenters. The molecule has 0 aliphatic heterocycles. The summed E-state index contributed by atoms with van der Waals surface area (Å²) in [5.41, 5.74) is 2.28. The zero-order chi connectivity index (χ0) is 19.4. The summed E-state index contributed by atoms with van der Waals surface area (Å²) in [4.78, 5) is 16.5. The molecule has 0 saturated heterocycles. The average molecular weight is 423 g/mol. The maximum absolute atomic E-state index is 12.3. The summed E-state index contributed by atoms with van der Waals surface area (Å²) in [6.45, 7) is 1.86. The number of rotatable bonds is 6. The van der Waals surface area contributed by atoms with Gasteiger partial charge in [0.25, 0.3) is 5.22 Å². The maximum atomic E-state index is 12.3. The van der Waals surface area contributed by atoms with Crippen molar-refractivity contribution in [2.45, 2.75) is 12.1 Å². The van der Waals surface area contributed by atoms with Gasteiger partial charge in [-0.3, -0.25) is 4.79 Å². The monoisotopic (exact) mass is 422 g/mol. The van der Waals surface area contributed by atoms with Crippen LogP contribution in [0, 0.1) is 6.92 Å². The smallest absolute Gasteiger partial charge is 0.256 e. The fourth-order valence-electron chi connectivity index (χ4n) is 2.32. The molecule has 0 aliphatic carbocycles. The largest absolute Gasteiger partial charge is 0.495 e. The fraction of sp³-hybridized carbons (Fsp3) is 0.158. The number of methoxy groups -OCH3 is 1. The molecule has 0 bridgehead atoms. The average Bonchev–Trinajstić information content (AvgIpc) is 3.12. The van der Waals surface area contributed by atoms with Gasteiger partial charge in [0, 0.05) is 21.7 Å². The van der Waals surface area contributed by atoms with Crippen LogP contribution in [-0.4, -0.2) is 23.8 Å². The third-order valence-corrected chi connectivity index (χ3v) is 5.20. The van der Waals surface area contributed by atoms with E-state index in [1.165, 1.54) is 18.9 Å². The number of hydrogen-bond acceptors (Lipinski definition) is 5. The number of hydrogen-bond donors (Lipinski definition) is 1. The van der Waals surface area contributed by atoms with E-state index in [1.54, 1.807) is 30.5 Å². The first-order chi connectivity index (χ1) is 13.0. The highest BCUT2D eigenvalue weighted by atomic mass is 35.5. The molecular weight excluding hydrogens is 407 g/mol. The number of amides is 1. The highest BCUT2D eigenvalue weighted by Crippen LogP contribution is 2.31. The number of oxazole rings is 1. The minimum Gasteiger partial charge on any atom is -0.495 e. The third-order valence-electron chi connectivity index (χ3n) is 3.69. The molecule has 3 aromatic rings. The number of carbonyl (C=O) groups is 1. The minimum absolute atomic E-state index is 0.144. The molecule has 0 spiro atoms. The lowest BCUT2D eigenvalue weighted by Gasteiger charge is -2.11. The van der Waals surface area contributed by atoms with Gasteiger partial charge in [-0.15, -0.1) is 0 Å². The van der Waals surface area contributed by atoms with E-state index >= 15 is 0 Å². The highest BCUT2D eigenvalue weighted by molar-refractivity contribution is 7.99. The normalized spacial score (nSPS) is 10.7. The van der Waals surface area contributed by atoms with Gasteiger partial charge in [0.1, 0.15) is 5.75 Å². The van der Waals surface area contributed by atoms with E-state index in [2.05, 4.69) is 10.3 Å². The number of ether oxygens (including phenoxy) is 1. The number of aryl methyl sites for hydroxylation is 1. The predicted molar refractivity (Wildman–Crippen MR) is 109 cm³/mol. The molecule has 3 rings (SSSR count). The lowest BCUT2D eigenvalue weighted by Crippen LogP contribution is -2.14. The van der Waals surface area contributed by atoms with E-state index in [4.69, 9.17) is 32.4 Å². The summed E-state index contributed by atoms with van der Waals surface area (Å²) >= 11 is 13.2. The molecule has 0 unspecified atom stereocenters. The molecule has 0 radical (unpaired) electrons. The van der Waals surface area contributed by atoms with Crippen LogP contribution in [0.25, 0.3) is 11.3 Å². The summed E-state index contributed by atoms with van der Waals surface area (Å²) in [7, 11) is 1.52. The summed E-state index contributed by atoms with van der Waals surface area (Å²) < 4.78 is 10.9. The number of nitrogens with zero attached hydrogens (tertiary/aromatic N) is 1. The summed E-state index contributed by atoms with van der Waals surface area (Å²) in [6.07, 6.45) is 1.62. The van der Waals surface area contributed by atoms with Gasteiger partial charge in [0.2, 0.25) is 5.91 Å². The Labute approximate surface area is 171 Å². The van der Waals surface area contributed by atoms with E-state index < -0.39 is 0 Å². The lowest BCUT2D eigenvalue weighted by atomic mass is 10.2. The third kappa shape index (κ3) is 4.97. The summed E-state index contributed by atoms with van der Waals surface area (Å²) in [5.74, 6) is 1.06. The predicted octanol–water partition coefficient (Wildman–Crippen LogP) is 5.70. The molecule has 140 valence electrons. The Kier molecular flexibility index (Phi) is 6.31. The minimum atomic E-state index is -0.203. The van der Waals surface area contributed by atoms with Crippen molar-refractivity contribution in [2.75, 3.05) is 18.2 Å². The van der Waals surface area contributed by atoms with Crippen molar-refractivity contribution in [2.24, 2.45) is 0 Å². The molecule has 1 heterocycles. The van der Waals surface area contributed by atoms with Gasteiger partial charge in [-0.2, -0.15) is 0 Å². The number of benzene rings is 2. The molecule has 1 amide bonds. The SMILES string of the molecule is COc1cc(Cl)c(C)cc1NC(=O)CSc1ncc(-c2ccc(Cl)cc2)o1. The number of aromatic nitrogens is 1. The number of nitrogens with one attached hydrogen (secondary N) is 1. The molecule has 0 fully saturated rings. The van der Waals surface area contributed by atoms with Crippen LogP contribution in [-0.2, 0) is 4.79 Å². The fourth-order valence-corrected chi connectivity index (χ4v) is 3.20. The van der Waals surface area contributed by atoms with Gasteiger partial charge in [-0.1, -0.05) is 35.0 Å². The zero-order valence-corrected chi connectivity index (χ0v) is 16.9. The van der Waals surface area contributed by atoms with Crippen LogP contribution in [0.2, 0.25) is 10.0 Å². The Bertz CT molecular complexity index is 958. The van der Waals surface area contributed by atoms with Crippen LogP contribution in [0.4, 0.5) is 5.69 Å². The molecule has 8 heteroatoms. The molecule has 1 aromatic heterocycles. The van der Waals surface area contributed by atoms with Crippen LogP contribution in [0.1, 0.15) is 5.56 Å². The van der Waals surface area contributed by atoms with E-state index in [0.717, 1.165) is 11.1 Å². The van der Waals surface area contributed by atoms with Crippen LogP contribution in [0.5, 0.6) is 5.75 Å². The summed E-state index contributed by atoms with van der Waals surface area (Å²) in [5, 5.41) is 4.46. The summed E-state index contributed by atoms with van der Waals surface area (Å²) in [6, 6.07) is 10.7. The molecule has 5 nitrogen and oxygen atoms in total. The van der Waals surface area contributed by atoms with Gasteiger partial charge in [-0.25, -0.2) is 4.98 Å². The Morgan fingerprint density at radius 2 is 2.00 bits per heavy atom. The second-order valence-corrected chi connectivity index (χ2v) is 7.41. The lowest BCUT2D eigenvalue weighted by molar-refractivity contribution is -0.113. The molecule has 0 aliphatic rings. The quantitative estimate of drug-likeness (QED) is 0.516. The van der Waals surface area contributed by atoms with Crippen LogP contribution in [0.15, 0.2) is 52.2 Å². The van der Waals surface area contributed by atoms with Gasteiger partial charge in [0.15, 0.2) is 5.76 Å². The number of thioether (sulfide) groups is 1. The first-order valence-electron chi connectivity index (χ1n) is 7.95. The van der Waals surface area contributed by atoms with Gasteiger partial charge in [-0.05, 0) is 42.8 Å². The van der Waals surface area contributed by atoms with Crippen LogP contribution >= 0.6 is 35.0 Å². The van der Waals surface area contributed by atoms with E-state index in [-0.39, 0.29) is 11.7 Å². The Morgan fingerprint density at radius 3 is 2.70 bits per heavy atom. The first-order valence-corrected chi connectivity index (χ1v) is 9.69. The standard InChI is InChI=1S/C19H16Cl2N2O3S/c1-11-7-15(16(25-2)8-14(11)21)23-18(24)10-27-19-22-9-17(26-19)12-3-5-13(20)6-4-12/h3-9H,10H2,1-2H3,(H,23,24). The van der Waals surface area contributed by atoms with Crippen molar-refractivity contribution in [1.29, 1.82) is 0 Å². The van der Waals surface area contributed by atoms with Crippen molar-refractivity contribution in [3.05, 3.63) is 58.2 Å². The first kappa shape index (κ1) is 19.6. The van der Waals surface area contributed by atoms with Crippen molar-refractivity contribution in [3.63, 3.8) is 0 Å². The van der Waals surface area contributed by atoms with E-state index in [9.17, 15) is 4.79 Å². The molecule has 1 N–H and O–H groups in total. The Morgan fingerprint density at radius 1 is 1.26 bits per heavy atom. The molecule has 0 saturated carbocycles. The van der Waals surface area contributed by atoms with Crippen LogP contribution in [0.3, 0.4) is 0 Å². The zero-order valence-electron chi connectivity index (χ0n) is 14.6. The number of halogens is 2. The second kappa shape index (κ2) is 8.69. The Balaban J connectivity index is 1.62. The highest BCUT2D eigenvalue weighted by Gasteiger charge is 2.13. The van der Waals surface area contributed by atoms with Gasteiger partial charge >= 0.3 is 0 Å². The molecular formula is C19H16Cl2N2O3S. The van der Waals surface area contributed by atoms with Crippen molar-refractivity contribution < 1.29 is 13.9 Å². The van der Waals surface area contributed by atoms with Crippen molar-refractivity contribution >= 4 is 46.6 Å². The van der Waals surface area contributed by atoms with Crippen molar-refractivity contribution in [3.8, 4) is 17.1 Å². The Hall–Kier alpha value is -2.15. The van der Waals surface area contributed by atoms with E-state index in [0.29, 0.717) is 32.5 Å². The van der Waals surface area contributed by atoms with Gasteiger partial charge in [0.05, 0.1) is 24.7 Å². The van der Waals surface area contributed by atoms with Crippen LogP contribution < -0.4 is 10.1 Å². The van der Waals surface area contributed by atoms with E-state index in [1.807, 2.05) is 19.1 Å². The number of anilines is 1. The molecule has 27 heavy (non-hydrogen) atoms. The van der Waals surface area contributed by atoms with Crippen molar-refractivity contribution in [1.82, 2.24) is 4.98 Å². The molecule has 2 aromatic carbocycles. The number of carbonyl (C=O) groups excluding carboxylic acids is 1. The topological polar surface area (TPSA) is 64.4 Å². The van der Waals surface area contributed by atoms with Gasteiger partial charge < -0.3 is 14.5 Å². The maximum Gasteiger partial charge on any atom is 0.256 e. The second-order valence-electron chi connectivity index (χ2n) is 5.64.